The Bertz CT molecular complexity index is 4610. The summed E-state index contributed by atoms with van der Waals surface area (Å²) in [5.74, 6) is -0.608. The van der Waals surface area contributed by atoms with Crippen molar-refractivity contribution in [2.24, 2.45) is 0 Å². The zero-order chi connectivity index (χ0) is 56.6. The minimum Gasteiger partial charge on any atom is -0.310 e. The predicted molar refractivity (Wildman–Crippen MR) is 349 cm³/mol. The molecule has 16 rings (SSSR count). The van der Waals surface area contributed by atoms with Crippen molar-refractivity contribution in [1.29, 1.82) is 0 Å². The first-order valence-electron chi connectivity index (χ1n) is 29.0. The molecule has 84 heavy (non-hydrogen) atoms. The van der Waals surface area contributed by atoms with Crippen LogP contribution in [0.4, 0.5) is 42.9 Å². The van der Waals surface area contributed by atoms with Crippen molar-refractivity contribution >= 4 is 88.0 Å². The van der Waals surface area contributed by atoms with E-state index in [-0.39, 0.29) is 11.6 Å². The van der Waals surface area contributed by atoms with E-state index < -0.39 is 10.8 Å². The Kier molecular flexibility index (Phi) is 11.0. The Balaban J connectivity index is 0.926. The Morgan fingerprint density at radius 3 is 0.869 bits per heavy atom. The highest BCUT2D eigenvalue weighted by atomic mass is 19.1. The first-order chi connectivity index (χ1) is 40.9. The van der Waals surface area contributed by atoms with Gasteiger partial charge in [0.05, 0.1) is 0 Å². The Morgan fingerprint density at radius 1 is 0.250 bits per heavy atom. The van der Waals surface area contributed by atoms with E-state index in [0.717, 1.165) is 122 Å². The molecule has 2 aliphatic carbocycles. The molecule has 400 valence electrons. The highest BCUT2D eigenvalue weighted by Crippen LogP contribution is 2.61. The molecule has 0 heterocycles. The van der Waals surface area contributed by atoms with Gasteiger partial charge in [0.2, 0.25) is 0 Å². The van der Waals surface area contributed by atoms with Gasteiger partial charge in [-0.05, 0) is 230 Å². The molecule has 0 amide bonds. The number of benzene rings is 14. The van der Waals surface area contributed by atoms with Crippen LogP contribution in [0.1, 0.15) is 49.9 Å². The van der Waals surface area contributed by atoms with Crippen LogP contribution >= 0.6 is 0 Å². The summed E-state index contributed by atoms with van der Waals surface area (Å²) in [7, 11) is 0. The smallest absolute Gasteiger partial charge is 0.123 e. The lowest BCUT2D eigenvalue weighted by Crippen LogP contribution is -2.17. The lowest BCUT2D eigenvalue weighted by molar-refractivity contribution is 0.628. The van der Waals surface area contributed by atoms with E-state index in [0.29, 0.717) is 0 Å². The molecule has 0 saturated heterocycles. The summed E-state index contributed by atoms with van der Waals surface area (Å²) in [5.41, 5.74) is 17.8. The Hall–Kier alpha value is -10.2. The lowest BCUT2D eigenvalue weighted by Gasteiger charge is -2.29. The van der Waals surface area contributed by atoms with Crippen molar-refractivity contribution in [2.45, 2.75) is 38.5 Å². The molecule has 0 spiro atoms. The maximum atomic E-state index is 16.1. The molecule has 0 unspecified atom stereocenters. The summed E-state index contributed by atoms with van der Waals surface area (Å²) in [6.07, 6.45) is 0. The molecule has 0 saturated carbocycles. The van der Waals surface area contributed by atoms with E-state index >= 15 is 8.78 Å². The molecule has 0 aliphatic heterocycles. The standard InChI is InChI=1S/C80H56F2N2/c1-79(2)71-45-65(83(61-31-27-49-15-5-9-19-53(49)41-61)62-32-28-50-16-6-10-20-54(50)42-62)35-37-67(71)77-73(79)47-69-70(75(77)57-23-13-25-59(81)39-57)48-74-78(76(69)58-24-14-26-60(82)40-58)68-38-36-66(46-72(68)80(74,3)4)84(63-33-29-51-17-7-11-21-55(51)43-63)64-34-30-52-18-8-12-22-56(52)44-64/h5-48H,1-4H3. The molecule has 0 N–H and O–H groups in total. The molecule has 0 bridgehead atoms. The molecule has 14 aromatic rings. The molecule has 2 nitrogen and oxygen atoms in total. The topological polar surface area (TPSA) is 6.48 Å². The number of hydrogen-bond acceptors (Lipinski definition) is 2. The van der Waals surface area contributed by atoms with Crippen LogP contribution < -0.4 is 9.80 Å². The van der Waals surface area contributed by atoms with Crippen LogP contribution in [-0.2, 0) is 10.8 Å². The third-order valence-electron chi connectivity index (χ3n) is 18.4. The number of rotatable bonds is 8. The summed E-state index contributed by atoms with van der Waals surface area (Å²) in [6.45, 7) is 9.30. The van der Waals surface area contributed by atoms with E-state index in [1.807, 2.05) is 24.3 Å². The lowest BCUT2D eigenvalue weighted by atomic mass is 9.76. The maximum Gasteiger partial charge on any atom is 0.123 e. The third-order valence-corrected chi connectivity index (χ3v) is 18.4. The third kappa shape index (κ3) is 7.74. The summed E-state index contributed by atoms with van der Waals surface area (Å²) >= 11 is 0. The van der Waals surface area contributed by atoms with Gasteiger partial charge in [-0.2, -0.15) is 0 Å². The minimum atomic E-state index is -0.533. The first kappa shape index (κ1) is 49.6. The monoisotopic (exact) mass is 1080 g/mol. The molecule has 0 aromatic heterocycles. The van der Waals surface area contributed by atoms with Crippen molar-refractivity contribution in [3.63, 3.8) is 0 Å². The van der Waals surface area contributed by atoms with Gasteiger partial charge in [0.1, 0.15) is 11.6 Å². The first-order valence-corrected chi connectivity index (χ1v) is 29.0. The number of anilines is 6. The van der Waals surface area contributed by atoms with Gasteiger partial charge in [-0.15, -0.1) is 0 Å². The van der Waals surface area contributed by atoms with Crippen LogP contribution in [0.15, 0.2) is 267 Å². The largest absolute Gasteiger partial charge is 0.310 e. The summed E-state index contributed by atoms with van der Waals surface area (Å²) in [4.78, 5) is 4.76. The van der Waals surface area contributed by atoms with Gasteiger partial charge in [0, 0.05) is 45.0 Å². The molecule has 0 atom stereocenters. The molecule has 2 aliphatic rings. The molecule has 4 heteroatoms. The van der Waals surface area contributed by atoms with Gasteiger partial charge in [-0.25, -0.2) is 8.78 Å². The fraction of sp³-hybridized carbons (Fsp3) is 0.0750. The van der Waals surface area contributed by atoms with Crippen molar-refractivity contribution in [1.82, 2.24) is 0 Å². The van der Waals surface area contributed by atoms with Crippen LogP contribution in [0.2, 0.25) is 0 Å². The Morgan fingerprint density at radius 2 is 0.548 bits per heavy atom. The van der Waals surface area contributed by atoms with Gasteiger partial charge in [-0.3, -0.25) is 0 Å². The summed E-state index contributed by atoms with van der Waals surface area (Å²) in [5, 5.41) is 11.4. The molecule has 14 aromatic carbocycles. The Labute approximate surface area is 487 Å². The minimum absolute atomic E-state index is 0.304. The number of halogens is 2. The molecule has 0 radical (unpaired) electrons. The predicted octanol–water partition coefficient (Wildman–Crippen LogP) is 22.6. The molecular formula is C80H56F2N2. The van der Waals surface area contributed by atoms with Crippen molar-refractivity contribution in [2.75, 3.05) is 9.80 Å². The summed E-state index contributed by atoms with van der Waals surface area (Å²) in [6, 6.07) is 93.8. The average Bonchev–Trinajstić information content (AvgIpc) is 1.57. The summed E-state index contributed by atoms with van der Waals surface area (Å²) < 4.78 is 32.1. The average molecular weight is 1080 g/mol. The van der Waals surface area contributed by atoms with E-state index in [1.54, 1.807) is 12.1 Å². The zero-order valence-electron chi connectivity index (χ0n) is 47.1. The number of hydrogen-bond donors (Lipinski definition) is 0. The zero-order valence-corrected chi connectivity index (χ0v) is 47.1. The van der Waals surface area contributed by atoms with E-state index in [4.69, 9.17) is 0 Å². The second-order valence-electron chi connectivity index (χ2n) is 24.0. The van der Waals surface area contributed by atoms with Crippen molar-refractivity contribution in [3.05, 3.63) is 301 Å². The SMILES string of the molecule is CC1(C)c2cc(N(c3ccc4ccccc4c3)c3ccc4ccccc4c3)ccc2-c2c1cc1c(-c3cccc(F)c3)c3c(cc1c2-c1cccc(F)c1)C(C)(C)c1cc(N(c2ccc4ccccc4c2)c2ccc4ccccc4c2)ccc1-3. The second-order valence-corrected chi connectivity index (χ2v) is 24.0. The number of fused-ring (bicyclic) bond motifs is 11. The van der Waals surface area contributed by atoms with Gasteiger partial charge in [0.25, 0.3) is 0 Å². The van der Waals surface area contributed by atoms with Gasteiger partial charge in [0.15, 0.2) is 0 Å². The van der Waals surface area contributed by atoms with Crippen LogP contribution in [0, 0.1) is 11.6 Å². The van der Waals surface area contributed by atoms with Gasteiger partial charge < -0.3 is 9.80 Å². The quantitative estimate of drug-likeness (QED) is 0.150. The molecular weight excluding hydrogens is 1030 g/mol. The fourth-order valence-corrected chi connectivity index (χ4v) is 14.2. The normalized spacial score (nSPS) is 13.5. The van der Waals surface area contributed by atoms with Crippen LogP contribution in [0.5, 0.6) is 0 Å². The van der Waals surface area contributed by atoms with Crippen LogP contribution in [-0.4, -0.2) is 0 Å². The highest BCUT2D eigenvalue weighted by Gasteiger charge is 2.43. The van der Waals surface area contributed by atoms with Crippen LogP contribution in [0.3, 0.4) is 0 Å². The van der Waals surface area contributed by atoms with E-state index in [1.165, 1.54) is 44.8 Å². The molecule has 0 fully saturated rings. The number of nitrogens with zero attached hydrogens (tertiary/aromatic N) is 2. The second kappa shape index (κ2) is 18.7. The van der Waals surface area contributed by atoms with Crippen LogP contribution in [0.25, 0.3) is 98.4 Å². The van der Waals surface area contributed by atoms with Crippen molar-refractivity contribution < 1.29 is 8.78 Å². The van der Waals surface area contributed by atoms with Crippen molar-refractivity contribution in [3.8, 4) is 44.5 Å². The van der Waals surface area contributed by atoms with Gasteiger partial charge in [-0.1, -0.05) is 185 Å². The highest BCUT2D eigenvalue weighted by molar-refractivity contribution is 6.17. The van der Waals surface area contributed by atoms with E-state index in [2.05, 4.69) is 256 Å². The van der Waals surface area contributed by atoms with E-state index in [9.17, 15) is 0 Å². The fourth-order valence-electron chi connectivity index (χ4n) is 14.2. The maximum absolute atomic E-state index is 16.1. The van der Waals surface area contributed by atoms with Gasteiger partial charge >= 0.3 is 0 Å².